The summed E-state index contributed by atoms with van der Waals surface area (Å²) in [6.07, 6.45) is 1.45. The number of benzene rings is 1. The first kappa shape index (κ1) is 12.3. The van der Waals surface area contributed by atoms with E-state index in [-0.39, 0.29) is 5.82 Å². The number of hydrogen-bond acceptors (Lipinski definition) is 7. The van der Waals surface area contributed by atoms with Gasteiger partial charge >= 0.3 is 0 Å². The van der Waals surface area contributed by atoms with Crippen LogP contribution in [0.1, 0.15) is 10.6 Å². The minimum Gasteiger partial charge on any atom is -0.319 e. The zero-order chi connectivity index (χ0) is 13.8. The molecule has 0 bridgehead atoms. The van der Waals surface area contributed by atoms with Gasteiger partial charge in [0.2, 0.25) is 0 Å². The van der Waals surface area contributed by atoms with Gasteiger partial charge in [-0.1, -0.05) is 11.8 Å². The first-order valence-corrected chi connectivity index (χ1v) is 6.31. The van der Waals surface area contributed by atoms with E-state index in [1.54, 1.807) is 12.1 Å². The Kier molecular flexibility index (Phi) is 3.37. The lowest BCUT2D eigenvalue weighted by Crippen LogP contribution is -2.13. The van der Waals surface area contributed by atoms with Gasteiger partial charge in [0.25, 0.3) is 11.7 Å². The van der Waals surface area contributed by atoms with Crippen LogP contribution in [0.15, 0.2) is 40.6 Å². The van der Waals surface area contributed by atoms with Crippen LogP contribution in [0.2, 0.25) is 0 Å². The van der Waals surface area contributed by atoms with Gasteiger partial charge in [-0.3, -0.25) is 9.89 Å². The summed E-state index contributed by atoms with van der Waals surface area (Å²) in [5, 5.41) is 22.6. The van der Waals surface area contributed by atoms with E-state index < -0.39 is 5.91 Å². The number of rotatable bonds is 4. The van der Waals surface area contributed by atoms with Crippen molar-refractivity contribution in [3.63, 3.8) is 0 Å². The summed E-state index contributed by atoms with van der Waals surface area (Å²) in [6, 6.07) is 7.27. The van der Waals surface area contributed by atoms with E-state index >= 15 is 0 Å². The van der Waals surface area contributed by atoms with Crippen molar-refractivity contribution in [3.8, 4) is 0 Å². The zero-order valence-electron chi connectivity index (χ0n) is 9.94. The van der Waals surface area contributed by atoms with Crippen LogP contribution in [-0.2, 0) is 0 Å². The molecule has 20 heavy (non-hydrogen) atoms. The van der Waals surface area contributed by atoms with E-state index in [0.717, 1.165) is 4.90 Å². The Morgan fingerprint density at radius 1 is 1.25 bits per heavy atom. The Morgan fingerprint density at radius 2 is 2.10 bits per heavy atom. The molecule has 2 aromatic heterocycles. The monoisotopic (exact) mass is 288 g/mol. The molecule has 0 saturated carbocycles. The predicted molar refractivity (Wildman–Crippen MR) is 69.1 cm³/mol. The molecule has 3 rings (SSSR count). The number of amides is 1. The molecule has 0 aliphatic rings. The Hall–Kier alpha value is -2.75. The van der Waals surface area contributed by atoms with Crippen LogP contribution in [0.3, 0.4) is 0 Å². The highest BCUT2D eigenvalue weighted by Gasteiger charge is 2.10. The molecule has 0 saturated heterocycles. The van der Waals surface area contributed by atoms with Gasteiger partial charge < -0.3 is 5.32 Å². The number of carbonyl (C=O) groups excluding carboxylic acids is 1. The molecule has 2 heterocycles. The van der Waals surface area contributed by atoms with Crippen LogP contribution >= 0.6 is 11.8 Å². The van der Waals surface area contributed by atoms with Crippen LogP contribution in [-0.4, -0.2) is 41.7 Å². The number of nitrogens with one attached hydrogen (secondary N) is 3. The highest BCUT2D eigenvalue weighted by molar-refractivity contribution is 7.99. The summed E-state index contributed by atoms with van der Waals surface area (Å²) in [7, 11) is 0. The van der Waals surface area contributed by atoms with Gasteiger partial charge in [0, 0.05) is 10.6 Å². The predicted octanol–water partition coefficient (Wildman–Crippen LogP) is 0.721. The number of aromatic amines is 2. The topological polar surface area (TPSA) is 125 Å². The molecule has 0 radical (unpaired) electrons. The third kappa shape index (κ3) is 2.80. The lowest BCUT2D eigenvalue weighted by Gasteiger charge is -2.03. The van der Waals surface area contributed by atoms with E-state index in [9.17, 15) is 4.79 Å². The molecule has 0 fully saturated rings. The van der Waals surface area contributed by atoms with Crippen molar-refractivity contribution in [2.45, 2.75) is 10.1 Å². The average Bonchev–Trinajstić information content (AvgIpc) is 3.13. The highest BCUT2D eigenvalue weighted by Crippen LogP contribution is 2.25. The first-order chi connectivity index (χ1) is 9.81. The number of tetrazole rings is 1. The van der Waals surface area contributed by atoms with Crippen molar-refractivity contribution < 1.29 is 4.79 Å². The molecule has 0 aliphatic heterocycles. The SMILES string of the molecule is O=C(Nc1ccc(Sc2ncn[nH]2)cc1)c1nn[nH]n1. The number of carbonyl (C=O) groups is 1. The van der Waals surface area contributed by atoms with E-state index in [2.05, 4.69) is 41.1 Å². The summed E-state index contributed by atoms with van der Waals surface area (Å²) in [5.41, 5.74) is 0.640. The standard InChI is InChI=1S/C10H8N8OS/c19-9(8-14-17-18-15-8)13-6-1-3-7(4-2-6)20-10-11-5-12-16-10/h1-5H,(H,13,19)(H,11,12,16)(H,14,15,17,18). The zero-order valence-corrected chi connectivity index (χ0v) is 10.8. The number of aromatic nitrogens is 7. The van der Waals surface area contributed by atoms with Crippen molar-refractivity contribution in [2.75, 3.05) is 5.32 Å². The Bertz CT molecular complexity index is 679. The maximum absolute atomic E-state index is 11.7. The highest BCUT2D eigenvalue weighted by atomic mass is 32.2. The van der Waals surface area contributed by atoms with E-state index in [4.69, 9.17) is 0 Å². The fourth-order valence-corrected chi connectivity index (χ4v) is 2.10. The largest absolute Gasteiger partial charge is 0.319 e. The molecule has 0 atom stereocenters. The number of nitrogens with zero attached hydrogens (tertiary/aromatic N) is 5. The van der Waals surface area contributed by atoms with Crippen molar-refractivity contribution in [1.82, 2.24) is 35.8 Å². The molecule has 0 aliphatic carbocycles. The van der Waals surface area contributed by atoms with Crippen molar-refractivity contribution in [2.24, 2.45) is 0 Å². The van der Waals surface area contributed by atoms with Gasteiger partial charge in [0.15, 0.2) is 5.16 Å². The average molecular weight is 288 g/mol. The first-order valence-electron chi connectivity index (χ1n) is 5.49. The summed E-state index contributed by atoms with van der Waals surface area (Å²) in [4.78, 5) is 16.7. The summed E-state index contributed by atoms with van der Waals surface area (Å²) >= 11 is 1.44. The number of hydrogen-bond donors (Lipinski definition) is 3. The summed E-state index contributed by atoms with van der Waals surface area (Å²) in [5.74, 6) is -0.431. The molecule has 9 nitrogen and oxygen atoms in total. The fourth-order valence-electron chi connectivity index (χ4n) is 1.41. The second-order valence-electron chi connectivity index (χ2n) is 3.61. The molecular weight excluding hydrogens is 280 g/mol. The maximum atomic E-state index is 11.7. The lowest BCUT2D eigenvalue weighted by atomic mass is 10.3. The van der Waals surface area contributed by atoms with Gasteiger partial charge in [0.1, 0.15) is 6.33 Å². The normalized spacial score (nSPS) is 10.4. The maximum Gasteiger partial charge on any atom is 0.297 e. The van der Waals surface area contributed by atoms with Gasteiger partial charge in [-0.05, 0) is 29.5 Å². The minimum atomic E-state index is -0.422. The molecule has 10 heteroatoms. The van der Waals surface area contributed by atoms with Crippen molar-refractivity contribution in [3.05, 3.63) is 36.4 Å². The van der Waals surface area contributed by atoms with Gasteiger partial charge in [-0.15, -0.1) is 10.2 Å². The van der Waals surface area contributed by atoms with Gasteiger partial charge in [0.05, 0.1) is 0 Å². The molecule has 3 aromatic rings. The van der Waals surface area contributed by atoms with Crippen LogP contribution in [0.5, 0.6) is 0 Å². The molecule has 0 unspecified atom stereocenters. The molecular formula is C10H8N8OS. The quantitative estimate of drug-likeness (QED) is 0.645. The number of H-pyrrole nitrogens is 2. The Labute approximate surface area is 116 Å². The van der Waals surface area contributed by atoms with Gasteiger partial charge in [-0.2, -0.15) is 10.3 Å². The second kappa shape index (κ2) is 5.48. The molecule has 1 aromatic carbocycles. The molecule has 3 N–H and O–H groups in total. The van der Waals surface area contributed by atoms with E-state index in [1.165, 1.54) is 18.1 Å². The van der Waals surface area contributed by atoms with Gasteiger partial charge in [-0.25, -0.2) is 4.98 Å². The molecule has 100 valence electrons. The fraction of sp³-hybridized carbons (Fsp3) is 0. The van der Waals surface area contributed by atoms with E-state index in [1.807, 2.05) is 12.1 Å². The smallest absolute Gasteiger partial charge is 0.297 e. The molecule has 1 amide bonds. The Balaban J connectivity index is 1.65. The Morgan fingerprint density at radius 3 is 2.75 bits per heavy atom. The molecule has 0 spiro atoms. The summed E-state index contributed by atoms with van der Waals surface area (Å²) in [6.45, 7) is 0. The van der Waals surface area contributed by atoms with Crippen molar-refractivity contribution in [1.29, 1.82) is 0 Å². The van der Waals surface area contributed by atoms with E-state index in [0.29, 0.717) is 10.8 Å². The van der Waals surface area contributed by atoms with Crippen LogP contribution in [0, 0.1) is 0 Å². The number of anilines is 1. The lowest BCUT2D eigenvalue weighted by molar-refractivity contribution is 0.101. The van der Waals surface area contributed by atoms with Crippen LogP contribution < -0.4 is 5.32 Å². The van der Waals surface area contributed by atoms with Crippen LogP contribution in [0.25, 0.3) is 0 Å². The van der Waals surface area contributed by atoms with Crippen molar-refractivity contribution >= 4 is 23.4 Å². The third-order valence-corrected chi connectivity index (χ3v) is 3.17. The second-order valence-corrected chi connectivity index (χ2v) is 4.67. The minimum absolute atomic E-state index is 0.00916. The summed E-state index contributed by atoms with van der Waals surface area (Å²) < 4.78 is 0. The van der Waals surface area contributed by atoms with Crippen LogP contribution in [0.4, 0.5) is 5.69 Å². The third-order valence-electron chi connectivity index (χ3n) is 2.27.